The van der Waals surface area contributed by atoms with Crippen LogP contribution in [0, 0.1) is 6.92 Å². The summed E-state index contributed by atoms with van der Waals surface area (Å²) in [5.74, 6) is 0. The van der Waals surface area contributed by atoms with Gasteiger partial charge in [-0.25, -0.2) is 0 Å². The Bertz CT molecular complexity index is 384. The maximum absolute atomic E-state index is 5.75. The van der Waals surface area contributed by atoms with Crippen LogP contribution in [0.25, 0.3) is 0 Å². The van der Waals surface area contributed by atoms with Crippen LogP contribution < -0.4 is 5.32 Å². The smallest absolute Gasteiger partial charge is 0.0570 e. The lowest BCUT2D eigenvalue weighted by atomic mass is 9.99. The van der Waals surface area contributed by atoms with Gasteiger partial charge in [0.2, 0.25) is 0 Å². The Morgan fingerprint density at radius 1 is 1.24 bits per heavy atom. The summed E-state index contributed by atoms with van der Waals surface area (Å²) in [5.41, 5.74) is 2.46. The molecule has 1 fully saturated rings. The average molecular weight is 298 g/mol. The molecule has 0 radical (unpaired) electrons. The van der Waals surface area contributed by atoms with Crippen LogP contribution in [0.5, 0.6) is 0 Å². The lowest BCUT2D eigenvalue weighted by molar-refractivity contribution is -0.0337. The third-order valence-electron chi connectivity index (χ3n) is 3.24. The molecule has 1 aliphatic heterocycles. The molecular weight excluding hydrogens is 278 g/mol. The Hall–Kier alpha value is -0.540. The predicted molar refractivity (Wildman–Crippen MR) is 75.5 cm³/mol. The van der Waals surface area contributed by atoms with Gasteiger partial charge in [0.05, 0.1) is 12.2 Å². The summed E-state index contributed by atoms with van der Waals surface area (Å²) in [7, 11) is 0. The fourth-order valence-corrected chi connectivity index (χ4v) is 2.82. The van der Waals surface area contributed by atoms with Crippen molar-refractivity contribution in [2.24, 2.45) is 0 Å². The standard InChI is InChI=1S/C14H20BrNO/c1-9-4-5-12(8-14(9)15)16-13-6-10(2)17-11(3)7-13/h4-5,8,10-11,13,16H,6-7H2,1-3H3. The second-order valence-corrected chi connectivity index (χ2v) is 5.89. The van der Waals surface area contributed by atoms with Crippen LogP contribution in [0.2, 0.25) is 0 Å². The minimum atomic E-state index is 0.352. The van der Waals surface area contributed by atoms with Gasteiger partial charge < -0.3 is 10.1 Å². The second-order valence-electron chi connectivity index (χ2n) is 5.03. The van der Waals surface area contributed by atoms with Crippen molar-refractivity contribution in [1.82, 2.24) is 0 Å². The zero-order chi connectivity index (χ0) is 12.4. The number of ether oxygens (including phenoxy) is 1. The molecule has 0 aliphatic carbocycles. The number of aryl methyl sites for hydroxylation is 1. The van der Waals surface area contributed by atoms with Crippen LogP contribution >= 0.6 is 15.9 Å². The maximum atomic E-state index is 5.75. The first kappa shape index (κ1) is 12.9. The van der Waals surface area contributed by atoms with Crippen LogP contribution in [0.15, 0.2) is 22.7 Å². The molecule has 3 heteroatoms. The topological polar surface area (TPSA) is 21.3 Å². The van der Waals surface area contributed by atoms with Gasteiger partial charge in [0, 0.05) is 16.2 Å². The van der Waals surface area contributed by atoms with Gasteiger partial charge in [-0.2, -0.15) is 0 Å². The van der Waals surface area contributed by atoms with E-state index >= 15 is 0 Å². The first-order valence-corrected chi connectivity index (χ1v) is 7.02. The molecule has 94 valence electrons. The van der Waals surface area contributed by atoms with Crippen molar-refractivity contribution in [1.29, 1.82) is 0 Å². The lowest BCUT2D eigenvalue weighted by Gasteiger charge is -2.33. The minimum absolute atomic E-state index is 0.352. The van der Waals surface area contributed by atoms with Gasteiger partial charge in [-0.15, -0.1) is 0 Å². The van der Waals surface area contributed by atoms with E-state index in [0.29, 0.717) is 18.2 Å². The number of benzene rings is 1. The molecule has 2 unspecified atom stereocenters. The molecule has 0 aromatic heterocycles. The summed E-state index contributed by atoms with van der Waals surface area (Å²) in [6, 6.07) is 6.95. The number of hydrogen-bond acceptors (Lipinski definition) is 2. The number of rotatable bonds is 2. The van der Waals surface area contributed by atoms with E-state index in [-0.39, 0.29) is 0 Å². The van der Waals surface area contributed by atoms with E-state index in [0.717, 1.165) is 17.3 Å². The fourth-order valence-electron chi connectivity index (χ4n) is 2.44. The molecule has 1 aromatic rings. The third kappa shape index (κ3) is 3.46. The highest BCUT2D eigenvalue weighted by Crippen LogP contribution is 2.25. The normalized spacial score (nSPS) is 29.1. The minimum Gasteiger partial charge on any atom is -0.382 e. The molecule has 1 saturated heterocycles. The highest BCUT2D eigenvalue weighted by Gasteiger charge is 2.24. The van der Waals surface area contributed by atoms with E-state index < -0.39 is 0 Å². The summed E-state index contributed by atoms with van der Waals surface area (Å²) in [4.78, 5) is 0. The first-order valence-electron chi connectivity index (χ1n) is 6.22. The molecule has 0 saturated carbocycles. The van der Waals surface area contributed by atoms with Gasteiger partial charge in [0.15, 0.2) is 0 Å². The van der Waals surface area contributed by atoms with Crippen molar-refractivity contribution in [3.05, 3.63) is 28.2 Å². The monoisotopic (exact) mass is 297 g/mol. The summed E-state index contributed by atoms with van der Waals surface area (Å²) < 4.78 is 6.91. The molecule has 1 aromatic carbocycles. The molecular formula is C14H20BrNO. The molecule has 17 heavy (non-hydrogen) atoms. The SMILES string of the molecule is Cc1ccc(NC2CC(C)OC(C)C2)cc1Br. The van der Waals surface area contributed by atoms with E-state index in [1.165, 1.54) is 11.3 Å². The number of nitrogens with one attached hydrogen (secondary N) is 1. The Balaban J connectivity index is 2.02. The third-order valence-corrected chi connectivity index (χ3v) is 4.09. The van der Waals surface area contributed by atoms with Gasteiger partial charge >= 0.3 is 0 Å². The van der Waals surface area contributed by atoms with Crippen molar-refractivity contribution in [3.63, 3.8) is 0 Å². The van der Waals surface area contributed by atoms with Crippen LogP contribution in [0.1, 0.15) is 32.3 Å². The van der Waals surface area contributed by atoms with Crippen molar-refractivity contribution >= 4 is 21.6 Å². The molecule has 1 N–H and O–H groups in total. The highest BCUT2D eigenvalue weighted by atomic mass is 79.9. The molecule has 1 heterocycles. The Morgan fingerprint density at radius 2 is 1.88 bits per heavy atom. The molecule has 0 amide bonds. The van der Waals surface area contributed by atoms with Gasteiger partial charge in [0.25, 0.3) is 0 Å². The average Bonchev–Trinajstić information content (AvgIpc) is 2.22. The van der Waals surface area contributed by atoms with Gasteiger partial charge in [-0.05, 0) is 51.3 Å². The molecule has 2 nitrogen and oxygen atoms in total. The van der Waals surface area contributed by atoms with Gasteiger partial charge in [-0.3, -0.25) is 0 Å². The highest BCUT2D eigenvalue weighted by molar-refractivity contribution is 9.10. The van der Waals surface area contributed by atoms with Crippen LogP contribution in [0.3, 0.4) is 0 Å². The molecule has 1 aliphatic rings. The first-order chi connectivity index (χ1) is 8.04. The largest absolute Gasteiger partial charge is 0.382 e. The van der Waals surface area contributed by atoms with Crippen molar-refractivity contribution < 1.29 is 4.74 Å². The molecule has 0 bridgehead atoms. The summed E-state index contributed by atoms with van der Waals surface area (Å²) in [6.45, 7) is 6.40. The summed E-state index contributed by atoms with van der Waals surface area (Å²) >= 11 is 3.57. The van der Waals surface area contributed by atoms with Crippen LogP contribution in [-0.4, -0.2) is 18.2 Å². The van der Waals surface area contributed by atoms with E-state index in [1.54, 1.807) is 0 Å². The van der Waals surface area contributed by atoms with Crippen LogP contribution in [-0.2, 0) is 4.74 Å². The van der Waals surface area contributed by atoms with Gasteiger partial charge in [-0.1, -0.05) is 22.0 Å². The number of halogens is 1. The van der Waals surface area contributed by atoms with E-state index in [9.17, 15) is 0 Å². The fraction of sp³-hybridized carbons (Fsp3) is 0.571. The van der Waals surface area contributed by atoms with E-state index in [4.69, 9.17) is 4.74 Å². The molecule has 2 rings (SSSR count). The maximum Gasteiger partial charge on any atom is 0.0570 e. The van der Waals surface area contributed by atoms with Crippen molar-refractivity contribution in [2.75, 3.05) is 5.32 Å². The predicted octanol–water partition coefficient (Wildman–Crippen LogP) is 4.13. The Kier molecular flexibility index (Phi) is 4.10. The van der Waals surface area contributed by atoms with E-state index in [1.807, 2.05) is 0 Å². The quantitative estimate of drug-likeness (QED) is 0.886. The zero-order valence-electron chi connectivity index (χ0n) is 10.7. The molecule has 2 atom stereocenters. The van der Waals surface area contributed by atoms with Gasteiger partial charge in [0.1, 0.15) is 0 Å². The second kappa shape index (κ2) is 5.40. The Labute approximate surface area is 112 Å². The van der Waals surface area contributed by atoms with Crippen molar-refractivity contribution in [3.8, 4) is 0 Å². The van der Waals surface area contributed by atoms with Crippen LogP contribution in [0.4, 0.5) is 5.69 Å². The van der Waals surface area contributed by atoms with Crippen molar-refractivity contribution in [2.45, 2.75) is 51.9 Å². The zero-order valence-corrected chi connectivity index (χ0v) is 12.3. The molecule has 0 spiro atoms. The summed E-state index contributed by atoms with van der Waals surface area (Å²) in [5, 5.41) is 3.60. The lowest BCUT2D eigenvalue weighted by Crippen LogP contribution is -2.36. The summed E-state index contributed by atoms with van der Waals surface area (Å²) in [6.07, 6.45) is 2.86. The number of hydrogen-bond donors (Lipinski definition) is 1. The Morgan fingerprint density at radius 3 is 2.47 bits per heavy atom. The number of anilines is 1. The van der Waals surface area contributed by atoms with E-state index in [2.05, 4.69) is 60.2 Å².